The number of hydrogen-bond donors (Lipinski definition) is 2. The van der Waals surface area contributed by atoms with Gasteiger partial charge in [-0.2, -0.15) is 0 Å². The van der Waals surface area contributed by atoms with E-state index >= 15 is 0 Å². The van der Waals surface area contributed by atoms with Crippen LogP contribution in [0.3, 0.4) is 0 Å². The summed E-state index contributed by atoms with van der Waals surface area (Å²) in [6, 6.07) is 16.6. The average Bonchev–Trinajstić information content (AvgIpc) is 3.42. The summed E-state index contributed by atoms with van der Waals surface area (Å²) in [5, 5.41) is 9.27. The fraction of sp³-hybridized carbons (Fsp3) is 0.167. The van der Waals surface area contributed by atoms with Gasteiger partial charge in [0.25, 0.3) is 5.56 Å². The van der Waals surface area contributed by atoms with Gasteiger partial charge < -0.3 is 28.1 Å². The first kappa shape index (κ1) is 29.1. The molecule has 5 aromatic rings. The van der Waals surface area contributed by atoms with Crippen LogP contribution in [-0.4, -0.2) is 38.2 Å². The molecule has 218 valence electrons. The largest absolute Gasteiger partial charge is 0.760 e. The van der Waals surface area contributed by atoms with Gasteiger partial charge in [0.15, 0.2) is 11.6 Å². The van der Waals surface area contributed by atoms with Gasteiger partial charge in [-0.15, -0.1) is 0 Å². The van der Waals surface area contributed by atoms with Crippen LogP contribution in [0.1, 0.15) is 5.56 Å². The van der Waals surface area contributed by atoms with Gasteiger partial charge in [-0.1, -0.05) is 6.07 Å². The van der Waals surface area contributed by atoms with E-state index in [0.29, 0.717) is 46.1 Å². The molecule has 1 atom stereocenters. The van der Waals surface area contributed by atoms with Crippen LogP contribution >= 0.6 is 0 Å². The Morgan fingerprint density at radius 3 is 2.50 bits per heavy atom. The van der Waals surface area contributed by atoms with E-state index in [2.05, 4.69) is 4.72 Å². The summed E-state index contributed by atoms with van der Waals surface area (Å²) in [7, 11) is 1.59. The number of ether oxygens (including phenoxy) is 2. The second-order valence-electron chi connectivity index (χ2n) is 9.30. The highest BCUT2D eigenvalue weighted by Gasteiger charge is 2.20. The molecule has 0 aliphatic carbocycles. The Hall–Kier alpha value is -4.36. The van der Waals surface area contributed by atoms with Crippen molar-refractivity contribution in [2.45, 2.75) is 6.42 Å². The Bertz CT molecular complexity index is 1820. The van der Waals surface area contributed by atoms with Gasteiger partial charge in [-0.05, 0) is 66.6 Å². The fourth-order valence-electron chi connectivity index (χ4n) is 4.45. The number of nitrogens with one attached hydrogen (secondary N) is 1. The highest BCUT2D eigenvalue weighted by Crippen LogP contribution is 2.40. The molecule has 3 aromatic carbocycles. The Balaban J connectivity index is 1.63. The molecule has 2 aromatic heterocycles. The van der Waals surface area contributed by atoms with Crippen molar-refractivity contribution in [1.29, 1.82) is 0 Å². The van der Waals surface area contributed by atoms with E-state index in [4.69, 9.17) is 19.0 Å². The number of nitrogens with zero attached hydrogens (tertiary/aromatic N) is 1. The van der Waals surface area contributed by atoms with Gasteiger partial charge in [-0.3, -0.25) is 9.00 Å². The highest BCUT2D eigenvalue weighted by molar-refractivity contribution is 7.77. The zero-order valence-electron chi connectivity index (χ0n) is 22.3. The maximum atomic E-state index is 14.5. The molecule has 0 aliphatic rings. The van der Waals surface area contributed by atoms with Crippen LogP contribution < -0.4 is 19.8 Å². The van der Waals surface area contributed by atoms with E-state index in [-0.39, 0.29) is 42.4 Å². The normalized spacial score (nSPS) is 12.0. The number of furan rings is 1. The van der Waals surface area contributed by atoms with Crippen LogP contribution in [0.5, 0.6) is 17.2 Å². The van der Waals surface area contributed by atoms with Crippen molar-refractivity contribution in [1.82, 2.24) is 9.29 Å². The maximum absolute atomic E-state index is 14.5. The molecule has 12 heteroatoms. The monoisotopic (exact) mass is 595 g/mol. The maximum Gasteiger partial charge on any atom is 0.261 e. The summed E-state index contributed by atoms with van der Waals surface area (Å²) in [5.41, 5.74) is 2.24. The average molecular weight is 596 g/mol. The van der Waals surface area contributed by atoms with Crippen molar-refractivity contribution in [3.63, 3.8) is 0 Å². The molecule has 0 amide bonds. The van der Waals surface area contributed by atoms with Gasteiger partial charge in [0.2, 0.25) is 0 Å². The van der Waals surface area contributed by atoms with E-state index in [1.807, 2.05) is 0 Å². The van der Waals surface area contributed by atoms with Crippen LogP contribution in [0.4, 0.5) is 8.78 Å². The van der Waals surface area contributed by atoms with Crippen LogP contribution in [0, 0.1) is 11.6 Å². The van der Waals surface area contributed by atoms with Gasteiger partial charge in [-0.25, -0.2) is 13.5 Å². The highest BCUT2D eigenvalue weighted by atomic mass is 32.2. The van der Waals surface area contributed by atoms with Crippen LogP contribution in [0.2, 0.25) is 0 Å². The Labute approximate surface area is 241 Å². The second kappa shape index (κ2) is 12.7. The molecule has 0 bridgehead atoms. The number of fused-ring (bicyclic) bond motifs is 1. The summed E-state index contributed by atoms with van der Waals surface area (Å²) in [5.74, 6) is -0.693. The number of aromatic nitrogens is 1. The van der Waals surface area contributed by atoms with Gasteiger partial charge in [0.05, 0.1) is 12.0 Å². The number of rotatable bonds is 11. The van der Waals surface area contributed by atoms with Crippen molar-refractivity contribution >= 4 is 22.2 Å². The lowest BCUT2D eigenvalue weighted by atomic mass is 10.0. The smallest absolute Gasteiger partial charge is 0.261 e. The van der Waals surface area contributed by atoms with Gasteiger partial charge in [0, 0.05) is 53.8 Å². The number of benzene rings is 3. The van der Waals surface area contributed by atoms with E-state index < -0.39 is 22.9 Å². The third-order valence-electron chi connectivity index (χ3n) is 6.43. The molecule has 2 N–H and O–H groups in total. The van der Waals surface area contributed by atoms with E-state index in [0.717, 1.165) is 11.6 Å². The number of hydrogen-bond acceptors (Lipinski definition) is 7. The summed E-state index contributed by atoms with van der Waals surface area (Å²) < 4.78 is 71.2. The molecule has 0 spiro atoms. The molecule has 9 nitrogen and oxygen atoms in total. The first-order valence-corrected chi connectivity index (χ1v) is 13.9. The quantitative estimate of drug-likeness (QED) is 0.210. The van der Waals surface area contributed by atoms with E-state index in [1.54, 1.807) is 61.8 Å². The number of aryl methyl sites for hydroxylation is 1. The molecule has 0 saturated heterocycles. The molecule has 0 aliphatic heterocycles. The number of aliphatic hydroxyl groups is 1. The Kier molecular flexibility index (Phi) is 8.78. The molecule has 0 radical (unpaired) electrons. The van der Waals surface area contributed by atoms with Crippen LogP contribution in [-0.2, 0) is 24.7 Å². The zero-order chi connectivity index (χ0) is 29.8. The topological polar surface area (TPSA) is 126 Å². The number of pyridine rings is 1. The SMILES string of the molecule is Cn1cc(-c2cc(CCNS(=O)[O-])ccc2Oc2ccc(F)cc2F)c2oc(-c3ccc(OCCO)cc3)cc2c1=O. The zero-order valence-corrected chi connectivity index (χ0v) is 23.1. The lowest BCUT2D eigenvalue weighted by Gasteiger charge is -2.15. The standard InChI is InChI=1S/C30H26F2N2O7S/c1-34-17-24(29-23(30(34)36)16-28(41-29)19-3-6-21(7-4-19)39-13-12-35)22-14-18(10-11-33-42(37)38)2-8-26(22)40-27-9-5-20(31)15-25(27)32/h2-9,14-17,33,35H,10-13H2,1H3,(H,37,38)/p-1. The lowest BCUT2D eigenvalue weighted by Crippen LogP contribution is -2.19. The minimum absolute atomic E-state index is 0.118. The molecule has 0 saturated carbocycles. The van der Waals surface area contributed by atoms with Crippen molar-refractivity contribution in [3.05, 3.63) is 100 Å². The second-order valence-corrected chi connectivity index (χ2v) is 10.1. The minimum Gasteiger partial charge on any atom is -0.760 e. The van der Waals surface area contributed by atoms with Crippen molar-refractivity contribution in [2.24, 2.45) is 7.05 Å². The molecule has 1 unspecified atom stereocenters. The molecular weight excluding hydrogens is 570 g/mol. The lowest BCUT2D eigenvalue weighted by molar-refractivity contribution is 0.201. The predicted molar refractivity (Wildman–Crippen MR) is 152 cm³/mol. The first-order valence-electron chi connectivity index (χ1n) is 12.8. The minimum atomic E-state index is -2.43. The van der Waals surface area contributed by atoms with Crippen molar-refractivity contribution in [3.8, 4) is 39.7 Å². The molecular formula is C30H25F2N2O7S-. The van der Waals surface area contributed by atoms with Crippen molar-refractivity contribution < 1.29 is 36.5 Å². The third kappa shape index (κ3) is 6.42. The van der Waals surface area contributed by atoms with E-state index in [1.165, 1.54) is 10.6 Å². The molecule has 5 rings (SSSR count). The van der Waals surface area contributed by atoms with Crippen molar-refractivity contribution in [2.75, 3.05) is 19.8 Å². The van der Waals surface area contributed by atoms with Gasteiger partial charge in [0.1, 0.15) is 35.3 Å². The number of halogens is 2. The number of aliphatic hydroxyl groups excluding tert-OH is 1. The summed E-state index contributed by atoms with van der Waals surface area (Å²) >= 11 is -2.43. The summed E-state index contributed by atoms with van der Waals surface area (Å²) in [6.45, 7) is 0.167. The first-order chi connectivity index (χ1) is 20.2. The Morgan fingerprint density at radius 2 is 1.79 bits per heavy atom. The van der Waals surface area contributed by atoms with Crippen LogP contribution in [0.15, 0.2) is 82.1 Å². The summed E-state index contributed by atoms with van der Waals surface area (Å²) in [4.78, 5) is 13.1. The van der Waals surface area contributed by atoms with E-state index in [9.17, 15) is 22.3 Å². The fourth-order valence-corrected chi connectivity index (χ4v) is 4.72. The Morgan fingerprint density at radius 1 is 1.02 bits per heavy atom. The van der Waals surface area contributed by atoms with Crippen LogP contribution in [0.25, 0.3) is 33.4 Å². The molecule has 2 heterocycles. The molecule has 42 heavy (non-hydrogen) atoms. The molecule has 0 fully saturated rings. The van der Waals surface area contributed by atoms with Gasteiger partial charge >= 0.3 is 0 Å². The summed E-state index contributed by atoms with van der Waals surface area (Å²) in [6.07, 6.45) is 1.90. The third-order valence-corrected chi connectivity index (χ3v) is 6.87. The predicted octanol–water partition coefficient (Wildman–Crippen LogP) is 4.83.